The molecule has 1 aromatic rings. The first-order valence-electron chi connectivity index (χ1n) is 4.17. The smallest absolute Gasteiger partial charge is 0.0283 e. The quantitative estimate of drug-likeness (QED) is 0.675. The van der Waals surface area contributed by atoms with Crippen molar-refractivity contribution in [3.8, 4) is 0 Å². The number of hydrogen-bond acceptors (Lipinski definition) is 0. The van der Waals surface area contributed by atoms with E-state index < -0.39 is 0 Å². The summed E-state index contributed by atoms with van der Waals surface area (Å²) >= 11 is 10.5. The van der Waals surface area contributed by atoms with Gasteiger partial charge in [-0.3, -0.25) is 0 Å². The van der Waals surface area contributed by atoms with Crippen LogP contribution in [0.3, 0.4) is 0 Å². The van der Waals surface area contributed by atoms with Crippen molar-refractivity contribution in [2.75, 3.05) is 5.33 Å². The highest BCUT2D eigenvalue weighted by Gasteiger charge is 2.00. The molecule has 1 rings (SSSR count). The Morgan fingerprint density at radius 2 is 1.92 bits per heavy atom. The van der Waals surface area contributed by atoms with Crippen LogP contribution in [0.4, 0.5) is 0 Å². The predicted octanol–water partition coefficient (Wildman–Crippen LogP) is 4.67. The second-order valence-corrected chi connectivity index (χ2v) is 5.06. The van der Waals surface area contributed by atoms with Crippen LogP contribution in [0.5, 0.6) is 0 Å². The zero-order chi connectivity index (χ0) is 9.68. The lowest BCUT2D eigenvalue weighted by molar-refractivity contribution is 0.933. The molecule has 0 atom stereocenters. The fraction of sp³-hybridized carbons (Fsp3) is 0.400. The van der Waals surface area contributed by atoms with Gasteiger partial charge in [-0.15, -0.1) is 0 Å². The van der Waals surface area contributed by atoms with Crippen molar-refractivity contribution >= 4 is 47.8 Å². The fourth-order valence-electron chi connectivity index (χ4n) is 1.13. The highest BCUT2D eigenvalue weighted by molar-refractivity contribution is 9.10. The molecule has 1 aromatic carbocycles. The van der Waals surface area contributed by atoms with Crippen molar-refractivity contribution < 1.29 is 0 Å². The molecule has 0 aliphatic rings. The molecular weight excluding hydrogens is 360 g/mol. The van der Waals surface area contributed by atoms with Crippen molar-refractivity contribution in [1.82, 2.24) is 0 Å². The molecule has 0 nitrogen and oxygen atoms in total. The van der Waals surface area contributed by atoms with Gasteiger partial charge in [-0.1, -0.05) is 59.9 Å². The van der Waals surface area contributed by atoms with E-state index in [-0.39, 0.29) is 0 Å². The van der Waals surface area contributed by atoms with E-state index in [1.807, 2.05) is 0 Å². The highest BCUT2D eigenvalue weighted by atomic mass is 79.9. The van der Waals surface area contributed by atoms with Crippen LogP contribution in [0, 0.1) is 0 Å². The third kappa shape index (κ3) is 3.72. The summed E-state index contributed by atoms with van der Waals surface area (Å²) in [7, 11) is 0. The maximum absolute atomic E-state index is 3.58. The van der Waals surface area contributed by atoms with E-state index in [1.165, 1.54) is 22.0 Å². The molecule has 0 aliphatic heterocycles. The summed E-state index contributed by atoms with van der Waals surface area (Å²) in [6, 6.07) is 6.55. The maximum Gasteiger partial charge on any atom is 0.0283 e. The average Bonchev–Trinajstić information content (AvgIpc) is 2.16. The molecule has 0 fully saturated rings. The van der Waals surface area contributed by atoms with Crippen LogP contribution in [0.2, 0.25) is 0 Å². The van der Waals surface area contributed by atoms with Crippen LogP contribution in [-0.2, 0) is 11.8 Å². The van der Waals surface area contributed by atoms with Crippen LogP contribution < -0.4 is 0 Å². The lowest BCUT2D eigenvalue weighted by Crippen LogP contribution is -1.89. The Bertz CT molecular complexity index is 271. The standard InChI is InChI=1S/C10H11Br3/c11-5-1-2-9-4-3-8(7-12)6-10(9)13/h3-4,6H,1-2,5,7H2. The second-order valence-electron chi connectivity index (χ2n) is 2.85. The van der Waals surface area contributed by atoms with Crippen LogP contribution in [-0.4, -0.2) is 5.33 Å². The molecule has 0 spiro atoms. The molecular formula is C10H11Br3. The van der Waals surface area contributed by atoms with Crippen LogP contribution >= 0.6 is 47.8 Å². The number of alkyl halides is 2. The zero-order valence-electron chi connectivity index (χ0n) is 7.19. The molecule has 0 saturated heterocycles. The summed E-state index contributed by atoms with van der Waals surface area (Å²) in [4.78, 5) is 0. The maximum atomic E-state index is 3.58. The molecule has 13 heavy (non-hydrogen) atoms. The second kappa shape index (κ2) is 6.20. The zero-order valence-corrected chi connectivity index (χ0v) is 12.0. The van der Waals surface area contributed by atoms with Crippen LogP contribution in [0.25, 0.3) is 0 Å². The largest absolute Gasteiger partial charge is 0.0928 e. The first-order valence-corrected chi connectivity index (χ1v) is 7.20. The molecule has 0 aliphatic carbocycles. The molecule has 72 valence electrons. The van der Waals surface area contributed by atoms with E-state index in [0.717, 1.165) is 17.1 Å². The minimum Gasteiger partial charge on any atom is -0.0928 e. The minimum atomic E-state index is 0.921. The topological polar surface area (TPSA) is 0 Å². The van der Waals surface area contributed by atoms with Crippen molar-refractivity contribution in [3.05, 3.63) is 33.8 Å². The molecule has 3 heteroatoms. The highest BCUT2D eigenvalue weighted by Crippen LogP contribution is 2.21. The third-order valence-electron chi connectivity index (χ3n) is 1.85. The predicted molar refractivity (Wildman–Crippen MR) is 68.9 cm³/mol. The normalized spacial score (nSPS) is 10.4. The molecule has 0 bridgehead atoms. The number of hydrogen-bond donors (Lipinski definition) is 0. The van der Waals surface area contributed by atoms with Crippen molar-refractivity contribution in [2.24, 2.45) is 0 Å². The third-order valence-corrected chi connectivity index (χ3v) is 3.80. The first kappa shape index (κ1) is 11.7. The van der Waals surface area contributed by atoms with E-state index in [9.17, 15) is 0 Å². The van der Waals surface area contributed by atoms with Gasteiger partial charge < -0.3 is 0 Å². The SMILES string of the molecule is BrCCCc1ccc(CBr)cc1Br. The van der Waals surface area contributed by atoms with Gasteiger partial charge in [0.25, 0.3) is 0 Å². The summed E-state index contributed by atoms with van der Waals surface area (Å²) in [5.41, 5.74) is 2.71. The van der Waals surface area contributed by atoms with Crippen molar-refractivity contribution in [3.63, 3.8) is 0 Å². The molecule has 0 amide bonds. The Balaban J connectivity index is 2.73. The Morgan fingerprint density at radius 3 is 2.46 bits per heavy atom. The van der Waals surface area contributed by atoms with Crippen LogP contribution in [0.1, 0.15) is 17.5 Å². The van der Waals surface area contributed by atoms with Gasteiger partial charge in [-0.2, -0.15) is 0 Å². The number of halogens is 3. The van der Waals surface area contributed by atoms with Gasteiger partial charge in [0.15, 0.2) is 0 Å². The van der Waals surface area contributed by atoms with Crippen LogP contribution in [0.15, 0.2) is 22.7 Å². The molecule has 0 N–H and O–H groups in total. The number of aryl methyl sites for hydroxylation is 1. The Morgan fingerprint density at radius 1 is 1.15 bits per heavy atom. The van der Waals surface area contributed by atoms with Gasteiger partial charge in [0, 0.05) is 15.1 Å². The summed E-state index contributed by atoms with van der Waals surface area (Å²) in [5, 5.41) is 1.99. The van der Waals surface area contributed by atoms with E-state index in [1.54, 1.807) is 0 Å². The Hall–Kier alpha value is 0.660. The fourth-order valence-corrected chi connectivity index (χ4v) is 2.39. The van der Waals surface area contributed by atoms with E-state index in [0.29, 0.717) is 0 Å². The van der Waals surface area contributed by atoms with Gasteiger partial charge in [0.1, 0.15) is 0 Å². The first-order chi connectivity index (χ1) is 6.27. The molecule has 0 unspecified atom stereocenters. The van der Waals surface area contributed by atoms with Gasteiger partial charge in [-0.05, 0) is 30.0 Å². The summed E-state index contributed by atoms with van der Waals surface area (Å²) < 4.78 is 1.23. The number of benzene rings is 1. The number of rotatable bonds is 4. The average molecular weight is 371 g/mol. The van der Waals surface area contributed by atoms with E-state index in [4.69, 9.17) is 0 Å². The van der Waals surface area contributed by atoms with Gasteiger partial charge >= 0.3 is 0 Å². The van der Waals surface area contributed by atoms with Gasteiger partial charge in [0.05, 0.1) is 0 Å². The summed E-state index contributed by atoms with van der Waals surface area (Å²) in [5.74, 6) is 0. The summed E-state index contributed by atoms with van der Waals surface area (Å²) in [6.07, 6.45) is 2.32. The Kier molecular flexibility index (Phi) is 5.60. The summed E-state index contributed by atoms with van der Waals surface area (Å²) in [6.45, 7) is 0. The lowest BCUT2D eigenvalue weighted by Gasteiger charge is -2.04. The molecule has 0 saturated carbocycles. The molecule has 0 heterocycles. The van der Waals surface area contributed by atoms with Crippen molar-refractivity contribution in [1.29, 1.82) is 0 Å². The molecule has 0 radical (unpaired) electrons. The van der Waals surface area contributed by atoms with E-state index in [2.05, 4.69) is 66.0 Å². The Labute approximate surface area is 104 Å². The van der Waals surface area contributed by atoms with E-state index >= 15 is 0 Å². The minimum absolute atomic E-state index is 0.921. The van der Waals surface area contributed by atoms with Crippen molar-refractivity contribution in [2.45, 2.75) is 18.2 Å². The van der Waals surface area contributed by atoms with Gasteiger partial charge in [0.2, 0.25) is 0 Å². The van der Waals surface area contributed by atoms with Gasteiger partial charge in [-0.25, -0.2) is 0 Å². The lowest BCUT2D eigenvalue weighted by atomic mass is 10.1. The molecule has 0 aromatic heterocycles. The monoisotopic (exact) mass is 368 g/mol.